The van der Waals surface area contributed by atoms with E-state index in [9.17, 15) is 0 Å². The van der Waals surface area contributed by atoms with Gasteiger partial charge in [-0.1, -0.05) is 6.07 Å². The summed E-state index contributed by atoms with van der Waals surface area (Å²) < 4.78 is 0. The van der Waals surface area contributed by atoms with Crippen LogP contribution in [0.2, 0.25) is 0 Å². The van der Waals surface area contributed by atoms with Crippen molar-refractivity contribution in [1.82, 2.24) is 9.97 Å². The molecule has 2 aromatic rings. The Morgan fingerprint density at radius 1 is 1.40 bits per heavy atom. The Kier molecular flexibility index (Phi) is 2.14. The highest BCUT2D eigenvalue weighted by Crippen LogP contribution is 2.25. The van der Waals surface area contributed by atoms with Crippen molar-refractivity contribution in [2.45, 2.75) is 12.8 Å². The van der Waals surface area contributed by atoms with E-state index in [2.05, 4.69) is 21.4 Å². The molecule has 0 bridgehead atoms. The van der Waals surface area contributed by atoms with Crippen LogP contribution in [-0.2, 0) is 6.42 Å². The van der Waals surface area contributed by atoms with Gasteiger partial charge in [-0.15, -0.1) is 11.3 Å². The third kappa shape index (κ3) is 1.61. The van der Waals surface area contributed by atoms with Gasteiger partial charge in [0.2, 0.25) is 0 Å². The van der Waals surface area contributed by atoms with Gasteiger partial charge in [-0.25, -0.2) is 9.97 Å². The quantitative estimate of drug-likeness (QED) is 0.797. The lowest BCUT2D eigenvalue weighted by atomic mass is 10.1. The van der Waals surface area contributed by atoms with Crippen molar-refractivity contribution in [2.75, 3.05) is 11.9 Å². The Morgan fingerprint density at radius 3 is 3.27 bits per heavy atom. The highest BCUT2D eigenvalue weighted by atomic mass is 32.1. The minimum Gasteiger partial charge on any atom is -0.370 e. The van der Waals surface area contributed by atoms with E-state index in [1.165, 1.54) is 12.0 Å². The van der Waals surface area contributed by atoms with Gasteiger partial charge in [0.1, 0.15) is 5.82 Å². The van der Waals surface area contributed by atoms with Gasteiger partial charge in [-0.2, -0.15) is 0 Å². The molecule has 4 heteroatoms. The molecule has 3 rings (SSSR count). The summed E-state index contributed by atoms with van der Waals surface area (Å²) in [5.41, 5.74) is 1.24. The average molecular weight is 217 g/mol. The average Bonchev–Trinajstić information content (AvgIpc) is 2.82. The lowest BCUT2D eigenvalue weighted by molar-refractivity contribution is 0.810. The monoisotopic (exact) mass is 217 g/mol. The largest absolute Gasteiger partial charge is 0.370 e. The number of aryl methyl sites for hydroxylation is 1. The molecule has 1 aliphatic rings. The molecule has 76 valence electrons. The summed E-state index contributed by atoms with van der Waals surface area (Å²) in [6.07, 6.45) is 4.21. The van der Waals surface area contributed by atoms with E-state index >= 15 is 0 Å². The van der Waals surface area contributed by atoms with Gasteiger partial charge >= 0.3 is 0 Å². The Bertz CT molecular complexity index is 465. The Hall–Kier alpha value is -1.42. The first kappa shape index (κ1) is 8.85. The number of nitrogens with one attached hydrogen (secondary N) is 1. The van der Waals surface area contributed by atoms with E-state index in [-0.39, 0.29) is 0 Å². The number of thiophene rings is 1. The highest BCUT2D eigenvalue weighted by Gasteiger charge is 2.12. The normalized spacial score (nSPS) is 14.4. The maximum atomic E-state index is 4.54. The van der Waals surface area contributed by atoms with Crippen LogP contribution < -0.4 is 5.32 Å². The van der Waals surface area contributed by atoms with Crippen LogP contribution in [0, 0.1) is 0 Å². The summed E-state index contributed by atoms with van der Waals surface area (Å²) in [5.74, 6) is 1.85. The van der Waals surface area contributed by atoms with Crippen LogP contribution in [0.1, 0.15) is 12.0 Å². The van der Waals surface area contributed by atoms with E-state index in [1.807, 2.05) is 17.6 Å². The van der Waals surface area contributed by atoms with E-state index < -0.39 is 0 Å². The van der Waals surface area contributed by atoms with Crippen molar-refractivity contribution in [2.24, 2.45) is 0 Å². The van der Waals surface area contributed by atoms with Gasteiger partial charge in [0.05, 0.1) is 4.88 Å². The van der Waals surface area contributed by atoms with Crippen LogP contribution in [0.4, 0.5) is 5.82 Å². The number of hydrogen-bond acceptors (Lipinski definition) is 4. The number of hydrogen-bond donors (Lipinski definition) is 1. The summed E-state index contributed by atoms with van der Waals surface area (Å²) in [7, 11) is 0. The fourth-order valence-corrected chi connectivity index (χ4v) is 2.42. The number of nitrogens with zero attached hydrogens (tertiary/aromatic N) is 2. The molecule has 0 saturated heterocycles. The van der Waals surface area contributed by atoms with Crippen molar-refractivity contribution < 1.29 is 0 Å². The second kappa shape index (κ2) is 3.62. The minimum absolute atomic E-state index is 0.832. The molecule has 3 heterocycles. The molecule has 2 aromatic heterocycles. The Labute approximate surface area is 92.2 Å². The van der Waals surface area contributed by atoms with E-state index in [1.54, 1.807) is 11.3 Å². The van der Waals surface area contributed by atoms with Gasteiger partial charge in [0, 0.05) is 18.3 Å². The molecule has 0 aromatic carbocycles. The summed E-state index contributed by atoms with van der Waals surface area (Å²) >= 11 is 1.67. The van der Waals surface area contributed by atoms with Crippen LogP contribution >= 0.6 is 11.3 Å². The van der Waals surface area contributed by atoms with Crippen LogP contribution in [0.5, 0.6) is 0 Å². The third-order valence-corrected chi connectivity index (χ3v) is 3.39. The van der Waals surface area contributed by atoms with Crippen LogP contribution in [0.25, 0.3) is 10.7 Å². The SMILES string of the molecule is c1csc(-c2ncc3c(n2)NCCC3)c1. The van der Waals surface area contributed by atoms with Gasteiger partial charge in [0.15, 0.2) is 5.82 Å². The molecule has 1 aliphatic heterocycles. The molecule has 0 radical (unpaired) electrons. The standard InChI is InChI=1S/C11H11N3S/c1-3-8-7-13-11(9-4-2-6-15-9)14-10(8)12-5-1/h2,4,6-7H,1,3,5H2,(H,12,13,14). The zero-order valence-corrected chi connectivity index (χ0v) is 9.05. The van der Waals surface area contributed by atoms with E-state index in [0.29, 0.717) is 0 Å². The minimum atomic E-state index is 0.832. The van der Waals surface area contributed by atoms with Crippen LogP contribution in [-0.4, -0.2) is 16.5 Å². The molecule has 0 fully saturated rings. The second-order valence-electron chi connectivity index (χ2n) is 3.58. The smallest absolute Gasteiger partial charge is 0.171 e. The maximum absolute atomic E-state index is 4.54. The zero-order valence-electron chi connectivity index (χ0n) is 8.23. The molecule has 0 spiro atoms. The third-order valence-electron chi connectivity index (χ3n) is 2.52. The van der Waals surface area contributed by atoms with Gasteiger partial charge in [-0.3, -0.25) is 0 Å². The first-order valence-electron chi connectivity index (χ1n) is 5.07. The summed E-state index contributed by atoms with van der Waals surface area (Å²) in [6.45, 7) is 1.02. The van der Waals surface area contributed by atoms with Crippen LogP contribution in [0.15, 0.2) is 23.7 Å². The number of aromatic nitrogens is 2. The molecule has 0 saturated carbocycles. The Balaban J connectivity index is 2.04. The first-order valence-corrected chi connectivity index (χ1v) is 5.95. The van der Waals surface area contributed by atoms with Crippen molar-refractivity contribution in [3.05, 3.63) is 29.3 Å². The van der Waals surface area contributed by atoms with Gasteiger partial charge in [0.25, 0.3) is 0 Å². The van der Waals surface area contributed by atoms with Gasteiger partial charge in [-0.05, 0) is 24.3 Å². The summed E-state index contributed by atoms with van der Waals surface area (Å²) in [6, 6.07) is 4.07. The van der Waals surface area contributed by atoms with Crippen molar-refractivity contribution in [1.29, 1.82) is 0 Å². The Morgan fingerprint density at radius 2 is 2.40 bits per heavy atom. The molecular weight excluding hydrogens is 206 g/mol. The summed E-state index contributed by atoms with van der Waals surface area (Å²) in [4.78, 5) is 10.1. The fraction of sp³-hybridized carbons (Fsp3) is 0.273. The molecule has 15 heavy (non-hydrogen) atoms. The van der Waals surface area contributed by atoms with E-state index in [0.717, 1.165) is 29.5 Å². The predicted octanol–water partition coefficient (Wildman–Crippen LogP) is 2.56. The topological polar surface area (TPSA) is 37.8 Å². The summed E-state index contributed by atoms with van der Waals surface area (Å²) in [5, 5.41) is 5.37. The second-order valence-corrected chi connectivity index (χ2v) is 4.52. The highest BCUT2D eigenvalue weighted by molar-refractivity contribution is 7.13. The number of fused-ring (bicyclic) bond motifs is 1. The molecule has 0 amide bonds. The molecule has 0 aliphatic carbocycles. The maximum Gasteiger partial charge on any atom is 0.171 e. The number of anilines is 1. The molecule has 1 N–H and O–H groups in total. The predicted molar refractivity (Wildman–Crippen MR) is 62.2 cm³/mol. The number of rotatable bonds is 1. The lowest BCUT2D eigenvalue weighted by Crippen LogP contribution is -2.14. The molecular formula is C11H11N3S. The zero-order chi connectivity index (χ0) is 10.1. The fourth-order valence-electron chi connectivity index (χ4n) is 1.75. The lowest BCUT2D eigenvalue weighted by Gasteiger charge is -2.16. The van der Waals surface area contributed by atoms with Crippen LogP contribution in [0.3, 0.4) is 0 Å². The molecule has 0 unspecified atom stereocenters. The van der Waals surface area contributed by atoms with Crippen molar-refractivity contribution in [3.8, 4) is 10.7 Å². The van der Waals surface area contributed by atoms with E-state index in [4.69, 9.17) is 0 Å². The van der Waals surface area contributed by atoms with Crippen molar-refractivity contribution in [3.63, 3.8) is 0 Å². The van der Waals surface area contributed by atoms with Gasteiger partial charge < -0.3 is 5.32 Å². The molecule has 0 atom stereocenters. The van der Waals surface area contributed by atoms with Crippen molar-refractivity contribution >= 4 is 17.2 Å². The first-order chi connectivity index (χ1) is 7.43. The molecule has 3 nitrogen and oxygen atoms in total.